The van der Waals surface area contributed by atoms with Gasteiger partial charge in [-0.3, -0.25) is 0 Å². The minimum Gasteiger partial charge on any atom is -0.494 e. The fourth-order valence-electron chi connectivity index (χ4n) is 2.68. The summed E-state index contributed by atoms with van der Waals surface area (Å²) in [5, 5.41) is 4.27. The summed E-state index contributed by atoms with van der Waals surface area (Å²) in [6.07, 6.45) is 0. The molecule has 0 bridgehead atoms. The molecule has 1 N–H and O–H groups in total. The zero-order chi connectivity index (χ0) is 16.6. The van der Waals surface area contributed by atoms with E-state index < -0.39 is 0 Å². The Morgan fingerprint density at radius 1 is 1.13 bits per heavy atom. The topological polar surface area (TPSA) is 34.1 Å². The van der Waals surface area contributed by atoms with Crippen molar-refractivity contribution in [3.05, 3.63) is 47.5 Å². The number of anilines is 2. The van der Waals surface area contributed by atoms with Crippen molar-refractivity contribution < 1.29 is 4.74 Å². The molecule has 2 aromatic carbocycles. The maximum absolute atomic E-state index is 5.72. The third-order valence-electron chi connectivity index (χ3n) is 3.84. The van der Waals surface area contributed by atoms with E-state index in [0.29, 0.717) is 0 Å². The van der Waals surface area contributed by atoms with Gasteiger partial charge in [0.05, 0.1) is 11.8 Å². The maximum atomic E-state index is 5.72. The van der Waals surface area contributed by atoms with Gasteiger partial charge in [-0.15, -0.1) is 0 Å². The summed E-state index contributed by atoms with van der Waals surface area (Å²) in [7, 11) is 1.73. The lowest BCUT2D eigenvalue weighted by atomic mass is 9.85. The minimum atomic E-state index is 0.0148. The molecule has 0 unspecified atom stereocenters. The maximum Gasteiger partial charge on any atom is 0.188 e. The molecule has 0 spiro atoms. The Bertz CT molecular complexity index is 832. The average molecular weight is 326 g/mol. The first-order valence-electron chi connectivity index (χ1n) is 7.71. The van der Waals surface area contributed by atoms with E-state index in [1.807, 2.05) is 30.3 Å². The number of methoxy groups -OCH3 is 1. The Morgan fingerprint density at radius 2 is 1.83 bits per heavy atom. The predicted molar refractivity (Wildman–Crippen MR) is 99.3 cm³/mol. The fraction of sp³-hybridized carbons (Fsp3) is 0.316. The van der Waals surface area contributed by atoms with E-state index in [2.05, 4.69) is 39.1 Å². The third-order valence-corrected chi connectivity index (χ3v) is 4.95. The Labute approximate surface area is 141 Å². The number of fused-ring (bicyclic) bond motifs is 1. The molecule has 0 aliphatic carbocycles. The molecular weight excluding hydrogens is 304 g/mol. The largest absolute Gasteiger partial charge is 0.494 e. The molecule has 0 aliphatic rings. The number of hydrogen-bond acceptors (Lipinski definition) is 4. The first kappa shape index (κ1) is 15.8. The number of nitrogens with zero attached hydrogens (tertiary/aromatic N) is 1. The van der Waals surface area contributed by atoms with Gasteiger partial charge in [0.1, 0.15) is 11.3 Å². The molecule has 0 saturated carbocycles. The highest BCUT2D eigenvalue weighted by molar-refractivity contribution is 7.22. The zero-order valence-electron chi connectivity index (χ0n) is 14.2. The normalized spacial score (nSPS) is 11.7. The summed E-state index contributed by atoms with van der Waals surface area (Å²) in [6.45, 7) is 8.74. The summed E-state index contributed by atoms with van der Waals surface area (Å²) in [5.74, 6) is 0.885. The van der Waals surface area contributed by atoms with Crippen molar-refractivity contribution in [1.29, 1.82) is 0 Å². The van der Waals surface area contributed by atoms with Crippen LogP contribution in [-0.4, -0.2) is 12.1 Å². The summed E-state index contributed by atoms with van der Waals surface area (Å²) < 4.78 is 6.89. The SMILES string of the molecule is COc1c(C(C)(C)C)cc(C)c2sc(Nc3ccccc3)nc12. The van der Waals surface area contributed by atoms with Crippen molar-refractivity contribution in [2.45, 2.75) is 33.1 Å². The van der Waals surface area contributed by atoms with Crippen molar-refractivity contribution in [3.63, 3.8) is 0 Å². The molecular formula is C19H22N2OS. The van der Waals surface area contributed by atoms with Crippen molar-refractivity contribution in [3.8, 4) is 5.75 Å². The van der Waals surface area contributed by atoms with Crippen LogP contribution < -0.4 is 10.1 Å². The minimum absolute atomic E-state index is 0.0148. The Hall–Kier alpha value is -2.07. The quantitative estimate of drug-likeness (QED) is 0.675. The molecule has 3 nitrogen and oxygen atoms in total. The predicted octanol–water partition coefficient (Wildman–Crippen LogP) is 5.65. The molecule has 1 aromatic heterocycles. The second kappa shape index (κ2) is 5.85. The lowest BCUT2D eigenvalue weighted by Gasteiger charge is -2.23. The number of nitrogens with one attached hydrogen (secondary N) is 1. The van der Waals surface area contributed by atoms with Gasteiger partial charge in [0, 0.05) is 11.3 Å². The van der Waals surface area contributed by atoms with Gasteiger partial charge in [-0.05, 0) is 30.0 Å². The molecule has 0 amide bonds. The Balaban J connectivity index is 2.13. The average Bonchev–Trinajstić information content (AvgIpc) is 2.91. The monoisotopic (exact) mass is 326 g/mol. The zero-order valence-corrected chi connectivity index (χ0v) is 15.0. The molecule has 3 aromatic rings. The molecule has 1 heterocycles. The number of hydrogen-bond donors (Lipinski definition) is 1. The van der Waals surface area contributed by atoms with E-state index in [-0.39, 0.29) is 5.41 Å². The molecule has 4 heteroatoms. The number of benzene rings is 2. The Morgan fingerprint density at radius 3 is 2.43 bits per heavy atom. The van der Waals surface area contributed by atoms with E-state index in [4.69, 9.17) is 9.72 Å². The molecule has 0 atom stereocenters. The van der Waals surface area contributed by atoms with Gasteiger partial charge in [-0.1, -0.05) is 56.4 Å². The van der Waals surface area contributed by atoms with E-state index in [0.717, 1.165) is 22.1 Å². The van der Waals surface area contributed by atoms with Gasteiger partial charge in [0.2, 0.25) is 0 Å². The summed E-state index contributed by atoms with van der Waals surface area (Å²) in [4.78, 5) is 4.80. The number of aryl methyl sites for hydroxylation is 1. The smallest absolute Gasteiger partial charge is 0.188 e. The van der Waals surface area contributed by atoms with Crippen LogP contribution in [0.1, 0.15) is 31.9 Å². The highest BCUT2D eigenvalue weighted by Gasteiger charge is 2.24. The van der Waals surface area contributed by atoms with Crippen LogP contribution in [0.25, 0.3) is 10.2 Å². The molecule has 0 saturated heterocycles. The van der Waals surface area contributed by atoms with Gasteiger partial charge in [0.25, 0.3) is 0 Å². The number of rotatable bonds is 3. The second-order valence-electron chi connectivity index (χ2n) is 6.71. The molecule has 0 fully saturated rings. The molecule has 0 aliphatic heterocycles. The van der Waals surface area contributed by atoms with Crippen LogP contribution in [-0.2, 0) is 5.41 Å². The molecule has 23 heavy (non-hydrogen) atoms. The summed E-state index contributed by atoms with van der Waals surface area (Å²) >= 11 is 1.67. The molecule has 0 radical (unpaired) electrons. The number of thiazole rings is 1. The molecule has 120 valence electrons. The standard InChI is InChI=1S/C19H22N2OS/c1-12-11-14(19(2,3)4)16(22-5)15-17(12)23-18(21-15)20-13-9-7-6-8-10-13/h6-11H,1-5H3,(H,20,21). The van der Waals surface area contributed by atoms with Gasteiger partial charge in [-0.25, -0.2) is 4.98 Å². The van der Waals surface area contributed by atoms with Gasteiger partial charge >= 0.3 is 0 Å². The van der Waals surface area contributed by atoms with Crippen LogP contribution in [0.15, 0.2) is 36.4 Å². The van der Waals surface area contributed by atoms with Crippen LogP contribution in [0, 0.1) is 6.92 Å². The highest BCUT2D eigenvalue weighted by atomic mass is 32.1. The van der Waals surface area contributed by atoms with Crippen molar-refractivity contribution in [2.24, 2.45) is 0 Å². The van der Waals surface area contributed by atoms with E-state index in [1.165, 1.54) is 15.8 Å². The lowest BCUT2D eigenvalue weighted by molar-refractivity contribution is 0.402. The van der Waals surface area contributed by atoms with Gasteiger partial charge in [-0.2, -0.15) is 0 Å². The van der Waals surface area contributed by atoms with Crippen LogP contribution >= 0.6 is 11.3 Å². The first-order chi connectivity index (χ1) is 10.9. The first-order valence-corrected chi connectivity index (χ1v) is 8.52. The van der Waals surface area contributed by atoms with Crippen LogP contribution in [0.5, 0.6) is 5.75 Å². The number of para-hydroxylation sites is 1. The lowest BCUT2D eigenvalue weighted by Crippen LogP contribution is -2.13. The van der Waals surface area contributed by atoms with E-state index >= 15 is 0 Å². The highest BCUT2D eigenvalue weighted by Crippen LogP contribution is 2.42. The van der Waals surface area contributed by atoms with Gasteiger partial charge in [0.15, 0.2) is 5.13 Å². The van der Waals surface area contributed by atoms with Crippen LogP contribution in [0.4, 0.5) is 10.8 Å². The van der Waals surface area contributed by atoms with Crippen molar-refractivity contribution in [1.82, 2.24) is 4.98 Å². The van der Waals surface area contributed by atoms with Gasteiger partial charge < -0.3 is 10.1 Å². The number of ether oxygens (including phenoxy) is 1. The summed E-state index contributed by atoms with van der Waals surface area (Å²) in [6, 6.07) is 12.3. The second-order valence-corrected chi connectivity index (χ2v) is 7.71. The number of aromatic nitrogens is 1. The van der Waals surface area contributed by atoms with E-state index in [9.17, 15) is 0 Å². The van der Waals surface area contributed by atoms with Crippen LogP contribution in [0.2, 0.25) is 0 Å². The van der Waals surface area contributed by atoms with Crippen molar-refractivity contribution >= 4 is 32.4 Å². The Kier molecular flexibility index (Phi) is 4.02. The van der Waals surface area contributed by atoms with Crippen molar-refractivity contribution in [2.75, 3.05) is 12.4 Å². The van der Waals surface area contributed by atoms with Crippen LogP contribution in [0.3, 0.4) is 0 Å². The van der Waals surface area contributed by atoms with E-state index in [1.54, 1.807) is 18.4 Å². The summed E-state index contributed by atoms with van der Waals surface area (Å²) in [5.41, 5.74) is 4.44. The molecule has 3 rings (SSSR count). The fourth-order valence-corrected chi connectivity index (χ4v) is 3.63. The third kappa shape index (κ3) is 3.04.